The molecule has 0 heterocycles. The zero-order valence-corrected chi connectivity index (χ0v) is 15.3. The Bertz CT molecular complexity index is 714. The van der Waals surface area contributed by atoms with Crippen molar-refractivity contribution in [3.8, 4) is 11.5 Å². The van der Waals surface area contributed by atoms with Crippen molar-refractivity contribution in [1.82, 2.24) is 10.2 Å². The number of rotatable bonds is 8. The number of nitrogens with one attached hydrogen (secondary N) is 1. The van der Waals surface area contributed by atoms with Gasteiger partial charge in [0.25, 0.3) is 0 Å². The molecule has 2 rings (SSSR count). The van der Waals surface area contributed by atoms with Crippen LogP contribution in [0.5, 0.6) is 11.5 Å². The van der Waals surface area contributed by atoms with Gasteiger partial charge < -0.3 is 19.7 Å². The van der Waals surface area contributed by atoms with E-state index >= 15 is 0 Å². The molecule has 0 saturated heterocycles. The SMILES string of the molecule is COc1ccc(OC)c(CC(=O)NCc2ccccc2CN(C)C)c1. The monoisotopic (exact) mass is 342 g/mol. The number of ether oxygens (including phenoxy) is 2. The first-order valence-corrected chi connectivity index (χ1v) is 8.22. The van der Waals surface area contributed by atoms with Crippen LogP contribution in [0, 0.1) is 0 Å². The highest BCUT2D eigenvalue weighted by Crippen LogP contribution is 2.24. The standard InChI is InChI=1S/C20H26N2O3/c1-22(2)14-16-8-6-5-7-15(16)13-21-20(23)12-17-11-18(24-3)9-10-19(17)25-4/h5-11H,12-14H2,1-4H3,(H,21,23). The molecule has 25 heavy (non-hydrogen) atoms. The van der Waals surface area contributed by atoms with Crippen molar-refractivity contribution >= 4 is 5.91 Å². The maximum atomic E-state index is 12.4. The van der Waals surface area contributed by atoms with E-state index in [0.29, 0.717) is 18.0 Å². The summed E-state index contributed by atoms with van der Waals surface area (Å²) >= 11 is 0. The number of carbonyl (C=O) groups excluding carboxylic acids is 1. The summed E-state index contributed by atoms with van der Waals surface area (Å²) in [7, 11) is 7.27. The molecule has 2 aromatic carbocycles. The van der Waals surface area contributed by atoms with Gasteiger partial charge in [-0.05, 0) is 43.4 Å². The van der Waals surface area contributed by atoms with E-state index in [-0.39, 0.29) is 12.3 Å². The molecule has 0 aliphatic rings. The molecule has 0 fully saturated rings. The van der Waals surface area contributed by atoms with Crippen molar-refractivity contribution in [2.75, 3.05) is 28.3 Å². The maximum absolute atomic E-state index is 12.4. The van der Waals surface area contributed by atoms with Crippen LogP contribution in [0.2, 0.25) is 0 Å². The fourth-order valence-corrected chi connectivity index (χ4v) is 2.67. The number of benzene rings is 2. The second-order valence-electron chi connectivity index (χ2n) is 6.14. The van der Waals surface area contributed by atoms with E-state index in [1.165, 1.54) is 5.56 Å². The van der Waals surface area contributed by atoms with Crippen LogP contribution < -0.4 is 14.8 Å². The second kappa shape index (κ2) is 9.08. The average molecular weight is 342 g/mol. The first kappa shape index (κ1) is 18.8. The van der Waals surface area contributed by atoms with Crippen molar-refractivity contribution in [2.24, 2.45) is 0 Å². The minimum Gasteiger partial charge on any atom is -0.497 e. The quantitative estimate of drug-likeness (QED) is 0.801. The van der Waals surface area contributed by atoms with E-state index in [1.54, 1.807) is 14.2 Å². The summed E-state index contributed by atoms with van der Waals surface area (Å²) in [6, 6.07) is 13.6. The van der Waals surface area contributed by atoms with Crippen LogP contribution in [0.3, 0.4) is 0 Å². The van der Waals surface area contributed by atoms with Crippen molar-refractivity contribution in [3.05, 3.63) is 59.2 Å². The Balaban J connectivity index is 2.02. The van der Waals surface area contributed by atoms with Gasteiger partial charge in [0.05, 0.1) is 20.6 Å². The average Bonchev–Trinajstić information content (AvgIpc) is 2.60. The van der Waals surface area contributed by atoms with E-state index in [4.69, 9.17) is 9.47 Å². The summed E-state index contributed by atoms with van der Waals surface area (Å²) in [4.78, 5) is 14.5. The Morgan fingerprint density at radius 2 is 1.72 bits per heavy atom. The first-order valence-electron chi connectivity index (χ1n) is 8.22. The lowest BCUT2D eigenvalue weighted by Gasteiger charge is -2.15. The second-order valence-corrected chi connectivity index (χ2v) is 6.14. The molecular weight excluding hydrogens is 316 g/mol. The molecule has 134 valence electrons. The van der Waals surface area contributed by atoms with Crippen LogP contribution in [0.4, 0.5) is 0 Å². The van der Waals surface area contributed by atoms with Crippen LogP contribution in [0.15, 0.2) is 42.5 Å². The van der Waals surface area contributed by atoms with Gasteiger partial charge in [0.15, 0.2) is 0 Å². The number of hydrogen-bond acceptors (Lipinski definition) is 4. The molecule has 0 spiro atoms. The smallest absolute Gasteiger partial charge is 0.224 e. The zero-order chi connectivity index (χ0) is 18.2. The third-order valence-corrected chi connectivity index (χ3v) is 3.92. The van der Waals surface area contributed by atoms with Crippen molar-refractivity contribution in [2.45, 2.75) is 19.5 Å². The Morgan fingerprint density at radius 1 is 1.00 bits per heavy atom. The third kappa shape index (κ3) is 5.50. The topological polar surface area (TPSA) is 50.8 Å². The minimum absolute atomic E-state index is 0.0498. The Kier molecular flexibility index (Phi) is 6.83. The fraction of sp³-hybridized carbons (Fsp3) is 0.350. The molecule has 0 aromatic heterocycles. The van der Waals surface area contributed by atoms with Crippen molar-refractivity contribution < 1.29 is 14.3 Å². The van der Waals surface area contributed by atoms with Gasteiger partial charge >= 0.3 is 0 Å². The zero-order valence-electron chi connectivity index (χ0n) is 15.3. The molecule has 0 unspecified atom stereocenters. The molecule has 5 heteroatoms. The van der Waals surface area contributed by atoms with Gasteiger partial charge in [0.1, 0.15) is 11.5 Å². The van der Waals surface area contributed by atoms with Crippen molar-refractivity contribution in [3.63, 3.8) is 0 Å². The van der Waals surface area contributed by atoms with Gasteiger partial charge in [0.2, 0.25) is 5.91 Å². The largest absolute Gasteiger partial charge is 0.497 e. The van der Waals surface area contributed by atoms with Crippen LogP contribution in [0.25, 0.3) is 0 Å². The number of carbonyl (C=O) groups is 1. The lowest BCUT2D eigenvalue weighted by Crippen LogP contribution is -2.25. The summed E-state index contributed by atoms with van der Waals surface area (Å²) in [6.45, 7) is 1.35. The fourth-order valence-electron chi connectivity index (χ4n) is 2.67. The molecule has 0 bridgehead atoms. The van der Waals surface area contributed by atoms with E-state index in [9.17, 15) is 4.79 Å². The summed E-state index contributed by atoms with van der Waals surface area (Å²) in [5.41, 5.74) is 3.15. The molecule has 0 aliphatic heterocycles. The summed E-state index contributed by atoms with van der Waals surface area (Å²) in [6.07, 6.45) is 0.246. The predicted octanol–water partition coefficient (Wildman–Crippen LogP) is 2.62. The van der Waals surface area contributed by atoms with Crippen LogP contribution >= 0.6 is 0 Å². The third-order valence-electron chi connectivity index (χ3n) is 3.92. The normalized spacial score (nSPS) is 10.6. The molecule has 0 saturated carbocycles. The summed E-state index contributed by atoms with van der Waals surface area (Å²) in [5, 5.41) is 3.00. The van der Waals surface area contributed by atoms with Crippen LogP contribution in [-0.2, 0) is 24.3 Å². The van der Waals surface area contributed by atoms with Crippen molar-refractivity contribution in [1.29, 1.82) is 0 Å². The Morgan fingerprint density at radius 3 is 2.36 bits per heavy atom. The molecule has 2 aromatic rings. The van der Waals surface area contributed by atoms with Gasteiger partial charge in [-0.3, -0.25) is 4.79 Å². The van der Waals surface area contributed by atoms with Gasteiger partial charge in [-0.25, -0.2) is 0 Å². The summed E-state index contributed by atoms with van der Waals surface area (Å²) < 4.78 is 10.6. The van der Waals surface area contributed by atoms with E-state index in [0.717, 1.165) is 17.7 Å². The highest BCUT2D eigenvalue weighted by atomic mass is 16.5. The highest BCUT2D eigenvalue weighted by Gasteiger charge is 2.11. The lowest BCUT2D eigenvalue weighted by atomic mass is 10.1. The molecule has 5 nitrogen and oxygen atoms in total. The molecule has 0 aliphatic carbocycles. The van der Waals surface area contributed by atoms with Crippen LogP contribution in [0.1, 0.15) is 16.7 Å². The number of methoxy groups -OCH3 is 2. The number of hydrogen-bond donors (Lipinski definition) is 1. The van der Waals surface area contributed by atoms with E-state index < -0.39 is 0 Å². The summed E-state index contributed by atoms with van der Waals surface area (Å²) in [5.74, 6) is 1.34. The lowest BCUT2D eigenvalue weighted by molar-refractivity contribution is -0.120. The van der Waals surface area contributed by atoms with Gasteiger partial charge in [0, 0.05) is 18.7 Å². The minimum atomic E-state index is -0.0498. The highest BCUT2D eigenvalue weighted by molar-refractivity contribution is 5.79. The Labute approximate surface area is 149 Å². The Hall–Kier alpha value is -2.53. The number of amides is 1. The van der Waals surface area contributed by atoms with E-state index in [2.05, 4.69) is 16.3 Å². The van der Waals surface area contributed by atoms with Gasteiger partial charge in [-0.1, -0.05) is 24.3 Å². The molecule has 1 amide bonds. The first-order chi connectivity index (χ1) is 12.0. The van der Waals surface area contributed by atoms with Gasteiger partial charge in [-0.15, -0.1) is 0 Å². The van der Waals surface area contributed by atoms with Gasteiger partial charge in [-0.2, -0.15) is 0 Å². The molecular formula is C20H26N2O3. The molecule has 1 N–H and O–H groups in total. The van der Waals surface area contributed by atoms with E-state index in [1.807, 2.05) is 50.5 Å². The van der Waals surface area contributed by atoms with Crippen LogP contribution in [-0.4, -0.2) is 39.1 Å². The molecule has 0 atom stereocenters. The molecule has 0 radical (unpaired) electrons. The maximum Gasteiger partial charge on any atom is 0.224 e. The predicted molar refractivity (Wildman–Crippen MR) is 98.9 cm³/mol. The number of nitrogens with zero attached hydrogens (tertiary/aromatic N) is 1.